The molecule has 0 aromatic carbocycles. The third-order valence-electron chi connectivity index (χ3n) is 1.86. The summed E-state index contributed by atoms with van der Waals surface area (Å²) in [5, 5.41) is 9.55. The average Bonchev–Trinajstić information content (AvgIpc) is 1.85. The van der Waals surface area contributed by atoms with Gasteiger partial charge in [0, 0.05) is 6.54 Å². The van der Waals surface area contributed by atoms with Crippen molar-refractivity contribution in [1.29, 1.82) is 0 Å². The molecule has 0 rings (SSSR count). The lowest BCUT2D eigenvalue weighted by molar-refractivity contribution is 0.0401. The fourth-order valence-electron chi connectivity index (χ4n) is 0.641. The van der Waals surface area contributed by atoms with Gasteiger partial charge in [-0.25, -0.2) is 0 Å². The normalized spacial score (nSPS) is 17.4. The summed E-state index contributed by atoms with van der Waals surface area (Å²) in [6.45, 7) is 4.85. The van der Waals surface area contributed by atoms with Crippen LogP contribution in [0.4, 0.5) is 0 Å². The molecule has 0 aliphatic rings. The van der Waals surface area contributed by atoms with Crippen molar-refractivity contribution >= 4 is 0 Å². The van der Waals surface area contributed by atoms with Gasteiger partial charge >= 0.3 is 0 Å². The highest BCUT2D eigenvalue weighted by molar-refractivity contribution is 4.70. The van der Waals surface area contributed by atoms with Gasteiger partial charge in [0.15, 0.2) is 0 Å². The van der Waals surface area contributed by atoms with Crippen LogP contribution in [0.2, 0.25) is 0 Å². The molecule has 0 unspecified atom stereocenters. The van der Waals surface area contributed by atoms with E-state index in [9.17, 15) is 5.11 Å². The molecule has 62 valence electrons. The van der Waals surface area contributed by atoms with E-state index >= 15 is 0 Å². The summed E-state index contributed by atoms with van der Waals surface area (Å²) in [6, 6.07) is 0. The monoisotopic (exact) mass is 145 g/mol. The van der Waals surface area contributed by atoms with E-state index in [1.807, 2.05) is 27.9 Å². The maximum absolute atomic E-state index is 9.55. The Labute approximate surface area is 63.8 Å². The first kappa shape index (κ1) is 9.92. The summed E-state index contributed by atoms with van der Waals surface area (Å²) < 4.78 is 0. The Balaban J connectivity index is 3.46. The SMILES string of the molecule is CC[C@](C)(O)CCN(C)C. The Morgan fingerprint density at radius 1 is 1.40 bits per heavy atom. The van der Waals surface area contributed by atoms with Gasteiger partial charge in [-0.1, -0.05) is 6.92 Å². The van der Waals surface area contributed by atoms with Gasteiger partial charge in [0.2, 0.25) is 0 Å². The molecule has 2 nitrogen and oxygen atoms in total. The van der Waals surface area contributed by atoms with E-state index in [4.69, 9.17) is 0 Å². The Hall–Kier alpha value is -0.0800. The minimum Gasteiger partial charge on any atom is -0.390 e. The van der Waals surface area contributed by atoms with Crippen LogP contribution in [0.25, 0.3) is 0 Å². The van der Waals surface area contributed by atoms with Crippen molar-refractivity contribution in [3.63, 3.8) is 0 Å². The summed E-state index contributed by atoms with van der Waals surface area (Å²) in [6.07, 6.45) is 1.69. The predicted octanol–water partition coefficient (Wildman–Crippen LogP) is 1.10. The first-order chi connectivity index (χ1) is 4.48. The van der Waals surface area contributed by atoms with E-state index in [0.717, 1.165) is 19.4 Å². The van der Waals surface area contributed by atoms with E-state index in [1.165, 1.54) is 0 Å². The van der Waals surface area contributed by atoms with E-state index in [2.05, 4.69) is 4.90 Å². The second kappa shape index (κ2) is 3.94. The van der Waals surface area contributed by atoms with Gasteiger partial charge < -0.3 is 10.0 Å². The Kier molecular flexibility index (Phi) is 3.91. The molecule has 0 saturated heterocycles. The van der Waals surface area contributed by atoms with E-state index in [-0.39, 0.29) is 0 Å². The number of hydrogen-bond donors (Lipinski definition) is 1. The second-order valence-electron chi connectivity index (χ2n) is 3.40. The second-order valence-corrected chi connectivity index (χ2v) is 3.40. The molecule has 1 atom stereocenters. The van der Waals surface area contributed by atoms with Gasteiger partial charge in [-0.05, 0) is 33.9 Å². The maximum atomic E-state index is 9.55. The summed E-state index contributed by atoms with van der Waals surface area (Å²) in [7, 11) is 4.04. The third kappa shape index (κ3) is 4.77. The van der Waals surface area contributed by atoms with Crippen LogP contribution in [-0.2, 0) is 0 Å². The van der Waals surface area contributed by atoms with Crippen LogP contribution in [0.5, 0.6) is 0 Å². The Bertz CT molecular complexity index is 89.3. The molecule has 0 spiro atoms. The molecule has 0 bridgehead atoms. The van der Waals surface area contributed by atoms with Crippen LogP contribution < -0.4 is 0 Å². The summed E-state index contributed by atoms with van der Waals surface area (Å²) >= 11 is 0. The van der Waals surface area contributed by atoms with Crippen molar-refractivity contribution in [2.45, 2.75) is 32.3 Å². The molecule has 0 aliphatic carbocycles. The molecule has 0 radical (unpaired) electrons. The Morgan fingerprint density at radius 2 is 1.90 bits per heavy atom. The topological polar surface area (TPSA) is 23.5 Å². The standard InChI is InChI=1S/C8H19NO/c1-5-8(2,10)6-7-9(3)4/h10H,5-7H2,1-4H3/t8-/m0/s1. The van der Waals surface area contributed by atoms with Crippen LogP contribution in [-0.4, -0.2) is 36.2 Å². The fourth-order valence-corrected chi connectivity index (χ4v) is 0.641. The van der Waals surface area contributed by atoms with Crippen LogP contribution >= 0.6 is 0 Å². The van der Waals surface area contributed by atoms with Gasteiger partial charge in [0.1, 0.15) is 0 Å². The maximum Gasteiger partial charge on any atom is 0.0629 e. The summed E-state index contributed by atoms with van der Waals surface area (Å²) in [5.41, 5.74) is -0.468. The highest BCUT2D eigenvalue weighted by Crippen LogP contribution is 2.12. The molecule has 0 aromatic rings. The molecule has 0 saturated carbocycles. The third-order valence-corrected chi connectivity index (χ3v) is 1.86. The smallest absolute Gasteiger partial charge is 0.0629 e. The number of aliphatic hydroxyl groups is 1. The molecule has 0 aliphatic heterocycles. The van der Waals surface area contributed by atoms with E-state index in [0.29, 0.717) is 0 Å². The average molecular weight is 145 g/mol. The van der Waals surface area contributed by atoms with Crippen LogP contribution in [0.3, 0.4) is 0 Å². The summed E-state index contributed by atoms with van der Waals surface area (Å²) in [5.74, 6) is 0. The van der Waals surface area contributed by atoms with E-state index < -0.39 is 5.60 Å². The molecule has 1 N–H and O–H groups in total. The lowest BCUT2D eigenvalue weighted by atomic mass is 9.99. The van der Waals surface area contributed by atoms with Crippen molar-refractivity contribution in [2.75, 3.05) is 20.6 Å². The molecule has 0 aromatic heterocycles. The Morgan fingerprint density at radius 3 is 2.20 bits per heavy atom. The summed E-state index contributed by atoms with van der Waals surface area (Å²) in [4.78, 5) is 2.09. The molecule has 2 heteroatoms. The number of rotatable bonds is 4. The zero-order valence-electron chi connectivity index (χ0n) is 7.52. The zero-order chi connectivity index (χ0) is 8.20. The largest absolute Gasteiger partial charge is 0.390 e. The highest BCUT2D eigenvalue weighted by atomic mass is 16.3. The van der Waals surface area contributed by atoms with E-state index in [1.54, 1.807) is 0 Å². The predicted molar refractivity (Wildman–Crippen MR) is 44.1 cm³/mol. The van der Waals surface area contributed by atoms with Crippen LogP contribution in [0.1, 0.15) is 26.7 Å². The van der Waals surface area contributed by atoms with Gasteiger partial charge in [-0.3, -0.25) is 0 Å². The molecule has 0 amide bonds. The minimum atomic E-state index is -0.468. The molecular formula is C8H19NO. The van der Waals surface area contributed by atoms with Crippen molar-refractivity contribution in [3.8, 4) is 0 Å². The highest BCUT2D eigenvalue weighted by Gasteiger charge is 2.16. The first-order valence-electron chi connectivity index (χ1n) is 3.85. The fraction of sp³-hybridized carbons (Fsp3) is 1.00. The molecule has 0 fully saturated rings. The number of nitrogens with zero attached hydrogens (tertiary/aromatic N) is 1. The lowest BCUT2D eigenvalue weighted by Crippen LogP contribution is -2.28. The van der Waals surface area contributed by atoms with Crippen LogP contribution in [0, 0.1) is 0 Å². The van der Waals surface area contributed by atoms with Crippen molar-refractivity contribution in [3.05, 3.63) is 0 Å². The minimum absolute atomic E-state index is 0.468. The van der Waals surface area contributed by atoms with Crippen LogP contribution in [0.15, 0.2) is 0 Å². The molecular weight excluding hydrogens is 126 g/mol. The van der Waals surface area contributed by atoms with Gasteiger partial charge in [-0.2, -0.15) is 0 Å². The van der Waals surface area contributed by atoms with Crippen molar-refractivity contribution in [2.24, 2.45) is 0 Å². The molecule has 10 heavy (non-hydrogen) atoms. The molecule has 0 heterocycles. The van der Waals surface area contributed by atoms with Crippen molar-refractivity contribution in [1.82, 2.24) is 4.90 Å². The number of hydrogen-bond acceptors (Lipinski definition) is 2. The quantitative estimate of drug-likeness (QED) is 0.640. The van der Waals surface area contributed by atoms with Gasteiger partial charge in [0.05, 0.1) is 5.60 Å². The first-order valence-corrected chi connectivity index (χ1v) is 3.85. The lowest BCUT2D eigenvalue weighted by Gasteiger charge is -2.22. The van der Waals surface area contributed by atoms with Gasteiger partial charge in [0.25, 0.3) is 0 Å². The van der Waals surface area contributed by atoms with Crippen molar-refractivity contribution < 1.29 is 5.11 Å². The van der Waals surface area contributed by atoms with Gasteiger partial charge in [-0.15, -0.1) is 0 Å². The zero-order valence-corrected chi connectivity index (χ0v) is 7.52.